The highest BCUT2D eigenvalue weighted by Gasteiger charge is 2.30. The first-order valence-electron chi connectivity index (χ1n) is 4.96. The molecular formula is C9H16N2O2. The molecule has 74 valence electrons. The van der Waals surface area contributed by atoms with Gasteiger partial charge in [0.2, 0.25) is 5.91 Å². The molecule has 0 aromatic heterocycles. The molecule has 1 aliphatic carbocycles. The quantitative estimate of drug-likeness (QED) is 0.536. The maximum atomic E-state index is 10.9. The third-order valence-electron chi connectivity index (χ3n) is 2.91. The number of nitrogens with one attached hydrogen (secondary N) is 2. The minimum atomic E-state index is -0.212. The lowest BCUT2D eigenvalue weighted by atomic mass is 10.1. The lowest BCUT2D eigenvalue weighted by Crippen LogP contribution is -2.43. The standard InChI is InChI=1S/C9H16N2O2/c12-8-3-1-2-7(8)11-6-4-9(13)10-5-6/h6-8,11-12H,1-5H2,(H,10,13)/t6?,7-,8-/m0/s1. The molecule has 0 spiro atoms. The van der Waals surface area contributed by atoms with Gasteiger partial charge in [0.1, 0.15) is 0 Å². The molecule has 4 heteroatoms. The van der Waals surface area contributed by atoms with E-state index in [-0.39, 0.29) is 24.1 Å². The molecule has 0 bridgehead atoms. The van der Waals surface area contributed by atoms with Gasteiger partial charge in [-0.2, -0.15) is 0 Å². The van der Waals surface area contributed by atoms with Crippen LogP contribution in [0, 0.1) is 0 Å². The molecule has 0 aromatic carbocycles. The number of aliphatic hydroxyl groups is 1. The van der Waals surface area contributed by atoms with Crippen molar-refractivity contribution in [3.05, 3.63) is 0 Å². The van der Waals surface area contributed by atoms with E-state index in [4.69, 9.17) is 0 Å². The van der Waals surface area contributed by atoms with Crippen LogP contribution in [-0.2, 0) is 4.79 Å². The van der Waals surface area contributed by atoms with Crippen molar-refractivity contribution in [3.63, 3.8) is 0 Å². The molecule has 3 atom stereocenters. The number of hydrogen-bond donors (Lipinski definition) is 3. The fraction of sp³-hybridized carbons (Fsp3) is 0.889. The number of aliphatic hydroxyl groups excluding tert-OH is 1. The summed E-state index contributed by atoms with van der Waals surface area (Å²) >= 11 is 0. The average molecular weight is 184 g/mol. The summed E-state index contributed by atoms with van der Waals surface area (Å²) in [6.07, 6.45) is 3.36. The smallest absolute Gasteiger partial charge is 0.221 e. The molecule has 1 heterocycles. The average Bonchev–Trinajstić information content (AvgIpc) is 2.64. The van der Waals surface area contributed by atoms with Crippen LogP contribution >= 0.6 is 0 Å². The van der Waals surface area contributed by atoms with Gasteiger partial charge in [-0.25, -0.2) is 0 Å². The fourth-order valence-electron chi connectivity index (χ4n) is 2.16. The Bertz CT molecular complexity index is 208. The number of carbonyl (C=O) groups is 1. The van der Waals surface area contributed by atoms with E-state index < -0.39 is 0 Å². The van der Waals surface area contributed by atoms with Crippen molar-refractivity contribution in [2.75, 3.05) is 6.54 Å². The minimum Gasteiger partial charge on any atom is -0.392 e. The molecule has 2 rings (SSSR count). The monoisotopic (exact) mass is 184 g/mol. The molecule has 2 fully saturated rings. The van der Waals surface area contributed by atoms with Gasteiger partial charge in [0.25, 0.3) is 0 Å². The fourth-order valence-corrected chi connectivity index (χ4v) is 2.16. The van der Waals surface area contributed by atoms with Crippen LogP contribution in [0.5, 0.6) is 0 Å². The van der Waals surface area contributed by atoms with Crippen LogP contribution in [0.15, 0.2) is 0 Å². The maximum absolute atomic E-state index is 10.9. The maximum Gasteiger partial charge on any atom is 0.221 e. The van der Waals surface area contributed by atoms with Crippen molar-refractivity contribution < 1.29 is 9.90 Å². The SMILES string of the molecule is O=C1CC(N[C@H]2CCC[C@@H]2O)CN1. The molecule has 1 saturated heterocycles. The molecular weight excluding hydrogens is 168 g/mol. The zero-order valence-electron chi connectivity index (χ0n) is 7.62. The summed E-state index contributed by atoms with van der Waals surface area (Å²) in [5.74, 6) is 0.116. The van der Waals surface area contributed by atoms with Crippen LogP contribution in [0.2, 0.25) is 0 Å². The Morgan fingerprint density at radius 3 is 2.85 bits per heavy atom. The third-order valence-corrected chi connectivity index (χ3v) is 2.91. The molecule has 1 unspecified atom stereocenters. The summed E-state index contributed by atoms with van der Waals surface area (Å²) < 4.78 is 0. The normalized spacial score (nSPS) is 39.5. The summed E-state index contributed by atoms with van der Waals surface area (Å²) in [6, 6.07) is 0.433. The highest BCUT2D eigenvalue weighted by molar-refractivity contribution is 5.78. The van der Waals surface area contributed by atoms with Gasteiger partial charge in [-0.1, -0.05) is 0 Å². The van der Waals surface area contributed by atoms with Gasteiger partial charge >= 0.3 is 0 Å². The third kappa shape index (κ3) is 2.00. The Labute approximate surface area is 77.7 Å². The molecule has 3 N–H and O–H groups in total. The Kier molecular flexibility index (Phi) is 2.51. The van der Waals surface area contributed by atoms with Gasteiger partial charge in [-0.05, 0) is 19.3 Å². The predicted octanol–water partition coefficient (Wildman–Crippen LogP) is -0.622. The first-order chi connectivity index (χ1) is 6.25. The van der Waals surface area contributed by atoms with Crippen molar-refractivity contribution in [3.8, 4) is 0 Å². The van der Waals surface area contributed by atoms with E-state index in [1.165, 1.54) is 0 Å². The molecule has 1 amide bonds. The second-order valence-corrected chi connectivity index (χ2v) is 3.98. The van der Waals surface area contributed by atoms with Crippen molar-refractivity contribution in [2.24, 2.45) is 0 Å². The number of hydrogen-bond acceptors (Lipinski definition) is 3. The van der Waals surface area contributed by atoms with Crippen LogP contribution in [0.1, 0.15) is 25.7 Å². The topological polar surface area (TPSA) is 61.4 Å². The molecule has 2 aliphatic rings. The van der Waals surface area contributed by atoms with Crippen molar-refractivity contribution in [1.29, 1.82) is 0 Å². The minimum absolute atomic E-state index is 0.116. The lowest BCUT2D eigenvalue weighted by Gasteiger charge is -2.20. The molecule has 1 saturated carbocycles. The second kappa shape index (κ2) is 3.64. The summed E-state index contributed by atoms with van der Waals surface area (Å²) in [6.45, 7) is 0.710. The van der Waals surface area contributed by atoms with Gasteiger partial charge < -0.3 is 15.7 Å². The zero-order chi connectivity index (χ0) is 9.26. The largest absolute Gasteiger partial charge is 0.392 e. The van der Waals surface area contributed by atoms with Gasteiger partial charge in [-0.15, -0.1) is 0 Å². The molecule has 1 aliphatic heterocycles. The van der Waals surface area contributed by atoms with Crippen LogP contribution in [-0.4, -0.2) is 35.7 Å². The van der Waals surface area contributed by atoms with Crippen LogP contribution in [0.3, 0.4) is 0 Å². The van der Waals surface area contributed by atoms with E-state index in [0.717, 1.165) is 19.3 Å². The molecule has 13 heavy (non-hydrogen) atoms. The van der Waals surface area contributed by atoms with Gasteiger partial charge in [-0.3, -0.25) is 4.79 Å². The van der Waals surface area contributed by atoms with Crippen LogP contribution in [0.4, 0.5) is 0 Å². The number of rotatable bonds is 2. The van der Waals surface area contributed by atoms with E-state index in [1.54, 1.807) is 0 Å². The van der Waals surface area contributed by atoms with Crippen molar-refractivity contribution >= 4 is 5.91 Å². The highest BCUT2D eigenvalue weighted by atomic mass is 16.3. The van der Waals surface area contributed by atoms with E-state index >= 15 is 0 Å². The first kappa shape index (κ1) is 8.97. The Morgan fingerprint density at radius 2 is 2.31 bits per heavy atom. The Hall–Kier alpha value is -0.610. The van der Waals surface area contributed by atoms with Gasteiger partial charge in [0.05, 0.1) is 6.10 Å². The molecule has 4 nitrogen and oxygen atoms in total. The zero-order valence-corrected chi connectivity index (χ0v) is 7.62. The van der Waals surface area contributed by atoms with Gasteiger partial charge in [0, 0.05) is 25.0 Å². The molecule has 0 radical (unpaired) electrons. The van der Waals surface area contributed by atoms with Gasteiger partial charge in [0.15, 0.2) is 0 Å². The van der Waals surface area contributed by atoms with E-state index in [2.05, 4.69) is 10.6 Å². The number of amides is 1. The van der Waals surface area contributed by atoms with Crippen LogP contribution < -0.4 is 10.6 Å². The Balaban J connectivity index is 1.80. The first-order valence-corrected chi connectivity index (χ1v) is 4.96. The van der Waals surface area contributed by atoms with E-state index in [0.29, 0.717) is 13.0 Å². The summed E-state index contributed by atoms with van der Waals surface area (Å²) in [5.41, 5.74) is 0. The van der Waals surface area contributed by atoms with Crippen molar-refractivity contribution in [2.45, 2.75) is 43.9 Å². The number of carbonyl (C=O) groups excluding carboxylic acids is 1. The van der Waals surface area contributed by atoms with E-state index in [1.807, 2.05) is 0 Å². The summed E-state index contributed by atoms with van der Waals surface area (Å²) in [7, 11) is 0. The van der Waals surface area contributed by atoms with Crippen LogP contribution in [0.25, 0.3) is 0 Å². The molecule has 0 aromatic rings. The predicted molar refractivity (Wildman–Crippen MR) is 48.2 cm³/mol. The summed E-state index contributed by atoms with van der Waals surface area (Å²) in [4.78, 5) is 10.9. The highest BCUT2D eigenvalue weighted by Crippen LogP contribution is 2.19. The lowest BCUT2D eigenvalue weighted by molar-refractivity contribution is -0.119. The Morgan fingerprint density at radius 1 is 1.46 bits per heavy atom. The van der Waals surface area contributed by atoms with E-state index in [9.17, 15) is 9.90 Å². The second-order valence-electron chi connectivity index (χ2n) is 3.98. The summed E-state index contributed by atoms with van der Waals surface area (Å²) in [5, 5.41) is 15.6. The van der Waals surface area contributed by atoms with Crippen molar-refractivity contribution in [1.82, 2.24) is 10.6 Å².